The van der Waals surface area contributed by atoms with Gasteiger partial charge in [-0.3, -0.25) is 14.5 Å². The van der Waals surface area contributed by atoms with E-state index >= 15 is 0 Å². The summed E-state index contributed by atoms with van der Waals surface area (Å²) >= 11 is 0. The van der Waals surface area contributed by atoms with E-state index in [0.29, 0.717) is 24.2 Å². The average Bonchev–Trinajstić information content (AvgIpc) is 2.77. The van der Waals surface area contributed by atoms with E-state index in [2.05, 4.69) is 5.32 Å². The molecule has 3 rings (SSSR count). The van der Waals surface area contributed by atoms with Gasteiger partial charge in [-0.25, -0.2) is 4.57 Å². The minimum atomic E-state index is -0.204. The molecule has 0 unspecified atom stereocenters. The number of carbonyl (C=O) groups is 2. The number of anilines is 1. The molecule has 1 aromatic heterocycles. The first-order valence-electron chi connectivity index (χ1n) is 7.24. The van der Waals surface area contributed by atoms with E-state index in [9.17, 15) is 9.59 Å². The SMILES string of the molecule is CNc1cc[n+](CCN2C(=O)c3ccccc3C2=O)cc1C.[Cl-]. The molecule has 6 heteroatoms. The number of pyridine rings is 1. The molecule has 0 radical (unpaired) electrons. The van der Waals surface area contributed by atoms with Crippen molar-refractivity contribution < 1.29 is 26.6 Å². The molecule has 5 nitrogen and oxygen atoms in total. The van der Waals surface area contributed by atoms with Gasteiger partial charge in [-0.2, -0.15) is 0 Å². The largest absolute Gasteiger partial charge is 1.00 e. The minimum Gasteiger partial charge on any atom is -1.00 e. The molecule has 0 spiro atoms. The third-order valence-electron chi connectivity index (χ3n) is 3.95. The molecule has 120 valence electrons. The summed E-state index contributed by atoms with van der Waals surface area (Å²) in [5, 5.41) is 3.11. The maximum atomic E-state index is 12.3. The van der Waals surface area contributed by atoms with Crippen LogP contribution in [-0.4, -0.2) is 30.3 Å². The highest BCUT2D eigenvalue weighted by Gasteiger charge is 2.35. The zero-order chi connectivity index (χ0) is 15.7. The van der Waals surface area contributed by atoms with Gasteiger partial charge >= 0.3 is 0 Å². The number of halogens is 1. The standard InChI is InChI=1S/C17H17N3O2.ClH/c1-12-11-19(8-7-15(12)18-2)9-10-20-16(21)13-5-3-4-6-14(13)17(20)22;/h3-8,11H,9-10H2,1-2H3;1H. The Kier molecular flexibility index (Phi) is 5.01. The zero-order valence-electron chi connectivity index (χ0n) is 13.0. The van der Waals surface area contributed by atoms with Gasteiger partial charge in [0.2, 0.25) is 0 Å². The van der Waals surface area contributed by atoms with Crippen molar-refractivity contribution in [3.63, 3.8) is 0 Å². The maximum absolute atomic E-state index is 12.3. The van der Waals surface area contributed by atoms with Crippen LogP contribution in [0, 0.1) is 6.92 Å². The van der Waals surface area contributed by atoms with Crippen LogP contribution in [0.3, 0.4) is 0 Å². The third kappa shape index (κ3) is 3.05. The first kappa shape index (κ1) is 17.0. The van der Waals surface area contributed by atoms with Gasteiger partial charge < -0.3 is 17.7 Å². The smallest absolute Gasteiger partial charge is 0.261 e. The fourth-order valence-electron chi connectivity index (χ4n) is 2.74. The summed E-state index contributed by atoms with van der Waals surface area (Å²) in [5.41, 5.74) is 3.18. The Labute approximate surface area is 141 Å². The third-order valence-corrected chi connectivity index (χ3v) is 3.95. The summed E-state index contributed by atoms with van der Waals surface area (Å²) in [7, 11) is 1.88. The van der Waals surface area contributed by atoms with Crippen molar-refractivity contribution >= 4 is 17.5 Å². The van der Waals surface area contributed by atoms with Gasteiger partial charge in [-0.15, -0.1) is 0 Å². The lowest BCUT2D eigenvalue weighted by Crippen LogP contribution is -3.00. The molecule has 2 heterocycles. The van der Waals surface area contributed by atoms with Gasteiger partial charge in [0.15, 0.2) is 18.9 Å². The monoisotopic (exact) mass is 331 g/mol. The number of imide groups is 1. The van der Waals surface area contributed by atoms with Crippen LogP contribution in [0.2, 0.25) is 0 Å². The summed E-state index contributed by atoms with van der Waals surface area (Å²) in [6.07, 6.45) is 3.95. The zero-order valence-corrected chi connectivity index (χ0v) is 13.8. The number of carbonyl (C=O) groups excluding carboxylic acids is 2. The van der Waals surface area contributed by atoms with Gasteiger partial charge in [-0.1, -0.05) is 12.1 Å². The molecule has 1 aromatic carbocycles. The van der Waals surface area contributed by atoms with Gasteiger partial charge in [0.05, 0.1) is 17.7 Å². The fraction of sp³-hybridized carbons (Fsp3) is 0.235. The summed E-state index contributed by atoms with van der Waals surface area (Å²) in [6.45, 7) is 2.97. The second-order valence-corrected chi connectivity index (χ2v) is 5.34. The Hall–Kier alpha value is -2.40. The molecule has 23 heavy (non-hydrogen) atoms. The van der Waals surface area contributed by atoms with E-state index in [1.54, 1.807) is 24.3 Å². The van der Waals surface area contributed by atoms with Crippen LogP contribution in [-0.2, 0) is 6.54 Å². The number of fused-ring (bicyclic) bond motifs is 1. The topological polar surface area (TPSA) is 53.3 Å². The van der Waals surface area contributed by atoms with Crippen LogP contribution in [0.15, 0.2) is 42.7 Å². The summed E-state index contributed by atoms with van der Waals surface area (Å²) in [5.74, 6) is -0.408. The van der Waals surface area contributed by atoms with E-state index in [4.69, 9.17) is 0 Å². The van der Waals surface area contributed by atoms with Gasteiger partial charge in [0.1, 0.15) is 0 Å². The molecule has 0 atom stereocenters. The number of aromatic nitrogens is 1. The normalized spacial score (nSPS) is 12.9. The molecule has 1 aliphatic heterocycles. The van der Waals surface area contributed by atoms with Crippen LogP contribution in [0.25, 0.3) is 0 Å². The van der Waals surface area contributed by atoms with E-state index in [1.165, 1.54) is 4.90 Å². The Morgan fingerprint density at radius 3 is 2.22 bits per heavy atom. The van der Waals surface area contributed by atoms with Crippen molar-refractivity contribution in [1.82, 2.24) is 4.90 Å². The number of nitrogens with one attached hydrogen (secondary N) is 1. The predicted octanol–water partition coefficient (Wildman–Crippen LogP) is -1.38. The summed E-state index contributed by atoms with van der Waals surface area (Å²) in [4.78, 5) is 25.9. The maximum Gasteiger partial charge on any atom is 0.261 e. The number of rotatable bonds is 4. The summed E-state index contributed by atoms with van der Waals surface area (Å²) in [6, 6.07) is 8.95. The fourth-order valence-corrected chi connectivity index (χ4v) is 2.74. The highest BCUT2D eigenvalue weighted by Crippen LogP contribution is 2.21. The molecule has 0 saturated carbocycles. The van der Waals surface area contributed by atoms with Crippen molar-refractivity contribution in [2.75, 3.05) is 18.9 Å². The molecule has 0 bridgehead atoms. The van der Waals surface area contributed by atoms with E-state index in [1.807, 2.05) is 37.0 Å². The highest BCUT2D eigenvalue weighted by molar-refractivity contribution is 6.21. The molecule has 1 aliphatic rings. The number of aryl methyl sites for hydroxylation is 1. The Balaban J connectivity index is 0.00000192. The van der Waals surface area contributed by atoms with Crippen LogP contribution >= 0.6 is 0 Å². The van der Waals surface area contributed by atoms with Gasteiger partial charge in [-0.05, 0) is 19.1 Å². The highest BCUT2D eigenvalue weighted by atomic mass is 35.5. The number of hydrogen-bond donors (Lipinski definition) is 1. The van der Waals surface area contributed by atoms with E-state index in [0.717, 1.165) is 11.3 Å². The summed E-state index contributed by atoms with van der Waals surface area (Å²) < 4.78 is 1.99. The van der Waals surface area contributed by atoms with Crippen molar-refractivity contribution in [2.45, 2.75) is 13.5 Å². The number of hydrogen-bond acceptors (Lipinski definition) is 3. The first-order chi connectivity index (χ1) is 10.6. The first-order valence-corrected chi connectivity index (χ1v) is 7.24. The Morgan fingerprint density at radius 1 is 1.09 bits per heavy atom. The predicted molar refractivity (Wildman–Crippen MR) is 82.7 cm³/mol. The van der Waals surface area contributed by atoms with Crippen LogP contribution in [0.1, 0.15) is 26.3 Å². The lowest BCUT2D eigenvalue weighted by molar-refractivity contribution is -0.696. The van der Waals surface area contributed by atoms with Crippen LogP contribution in [0.4, 0.5) is 5.69 Å². The second kappa shape index (κ2) is 6.79. The lowest BCUT2D eigenvalue weighted by atomic mass is 10.1. The molecule has 0 saturated heterocycles. The van der Waals surface area contributed by atoms with Crippen molar-refractivity contribution in [3.8, 4) is 0 Å². The van der Waals surface area contributed by atoms with Crippen LogP contribution < -0.4 is 22.3 Å². The van der Waals surface area contributed by atoms with Gasteiger partial charge in [0, 0.05) is 24.4 Å². The molecule has 2 aromatic rings. The number of nitrogens with zero attached hydrogens (tertiary/aromatic N) is 2. The number of amides is 2. The van der Waals surface area contributed by atoms with Crippen molar-refractivity contribution in [1.29, 1.82) is 0 Å². The number of benzene rings is 1. The molecule has 2 amide bonds. The van der Waals surface area contributed by atoms with Crippen LogP contribution in [0.5, 0.6) is 0 Å². The van der Waals surface area contributed by atoms with E-state index < -0.39 is 0 Å². The molecular weight excluding hydrogens is 314 g/mol. The average molecular weight is 332 g/mol. The lowest BCUT2D eigenvalue weighted by Gasteiger charge is -2.11. The minimum absolute atomic E-state index is 0. The van der Waals surface area contributed by atoms with Gasteiger partial charge in [0.25, 0.3) is 11.8 Å². The van der Waals surface area contributed by atoms with Crippen molar-refractivity contribution in [2.24, 2.45) is 0 Å². The molecule has 0 fully saturated rings. The molecular formula is C17H18ClN3O2. The molecule has 1 N–H and O–H groups in total. The second-order valence-electron chi connectivity index (χ2n) is 5.34. The van der Waals surface area contributed by atoms with Crippen molar-refractivity contribution in [3.05, 3.63) is 59.4 Å². The quantitative estimate of drug-likeness (QED) is 0.555. The molecule has 0 aliphatic carbocycles. The Bertz CT molecular complexity index is 726. The van der Waals surface area contributed by atoms with E-state index in [-0.39, 0.29) is 24.2 Å². The Morgan fingerprint density at radius 2 is 1.70 bits per heavy atom.